The Labute approximate surface area is 151 Å². The monoisotopic (exact) mass is 384 g/mol. The highest BCUT2D eigenvalue weighted by Gasteiger charge is 2.23. The molecule has 1 atom stereocenters. The molecule has 0 radical (unpaired) electrons. The summed E-state index contributed by atoms with van der Waals surface area (Å²) in [7, 11) is 1.94. The van der Waals surface area contributed by atoms with Gasteiger partial charge in [-0.25, -0.2) is 0 Å². The molecule has 2 aromatic rings. The van der Waals surface area contributed by atoms with E-state index in [0.717, 1.165) is 35.1 Å². The minimum Gasteiger partial charge on any atom is -0.388 e. The van der Waals surface area contributed by atoms with Gasteiger partial charge in [0.15, 0.2) is 0 Å². The van der Waals surface area contributed by atoms with Crippen molar-refractivity contribution in [2.75, 3.05) is 18.9 Å². The van der Waals surface area contributed by atoms with Crippen LogP contribution >= 0.6 is 15.9 Å². The summed E-state index contributed by atoms with van der Waals surface area (Å²) in [5.41, 5.74) is 5.93. The maximum absolute atomic E-state index is 11.5. The lowest BCUT2D eigenvalue weighted by Gasteiger charge is -2.32. The van der Waals surface area contributed by atoms with Gasteiger partial charge in [-0.15, -0.1) is 0 Å². The molecule has 2 aromatic carbocycles. The zero-order valence-electron chi connectivity index (χ0n) is 13.9. The Bertz CT molecular complexity index is 768. The van der Waals surface area contributed by atoms with E-state index in [1.54, 1.807) is 0 Å². The third-order valence-electron chi connectivity index (χ3n) is 4.51. The van der Waals surface area contributed by atoms with Crippen LogP contribution in [0.1, 0.15) is 29.2 Å². The second kappa shape index (κ2) is 7.22. The van der Waals surface area contributed by atoms with E-state index in [-0.39, 0.29) is 6.04 Å². The molecule has 0 bridgehead atoms. The molecule has 24 heavy (non-hydrogen) atoms. The van der Waals surface area contributed by atoms with Crippen LogP contribution in [0.4, 0.5) is 5.69 Å². The third-order valence-corrected chi connectivity index (χ3v) is 5.00. The largest absolute Gasteiger partial charge is 0.388 e. The van der Waals surface area contributed by atoms with E-state index < -0.39 is 0 Å². The number of aryl methyl sites for hydroxylation is 1. The van der Waals surface area contributed by atoms with Gasteiger partial charge in [0.1, 0.15) is 0 Å². The second-order valence-corrected chi connectivity index (χ2v) is 7.00. The van der Waals surface area contributed by atoms with Crippen LogP contribution in [0.3, 0.4) is 0 Å². The number of hydrogen-bond acceptors (Lipinski definition) is 2. The van der Waals surface area contributed by atoms with E-state index in [4.69, 9.17) is 0 Å². The Morgan fingerprint density at radius 2 is 1.96 bits per heavy atom. The van der Waals surface area contributed by atoms with Crippen LogP contribution in [-0.4, -0.2) is 24.9 Å². The Balaban J connectivity index is 2.04. The van der Waals surface area contributed by atoms with Gasteiger partial charge >= 0.3 is 0 Å². The van der Waals surface area contributed by atoms with Crippen molar-refractivity contribution in [2.24, 2.45) is 0 Å². The van der Waals surface area contributed by atoms with Crippen molar-refractivity contribution in [2.45, 2.75) is 19.4 Å². The average molecular weight is 385 g/mol. The molecule has 1 amide bonds. The Morgan fingerprint density at radius 3 is 2.62 bits per heavy atom. The fourth-order valence-electron chi connectivity index (χ4n) is 3.15. The second-order valence-electron chi connectivity index (χ2n) is 6.08. The molecule has 0 fully saturated rings. The highest BCUT2D eigenvalue weighted by atomic mass is 79.9. The van der Waals surface area contributed by atoms with E-state index in [1.165, 1.54) is 16.7 Å². The first-order chi connectivity index (χ1) is 11.6. The minimum absolute atomic E-state index is 0.0180. The van der Waals surface area contributed by atoms with Crippen LogP contribution in [0.5, 0.6) is 0 Å². The number of halogens is 1. The standard InChI is InChI=1S/C20H21BrN2O/c1-14-3-5-15(6-4-14)20-11-16(9-10-23(20)13-24)18-12-17(21)7-8-19(18)22-2/h3-8,11-13,20,22H,9-10H2,1-2H3. The summed E-state index contributed by atoms with van der Waals surface area (Å²) >= 11 is 3.56. The number of carbonyl (C=O) groups is 1. The molecular weight excluding hydrogens is 364 g/mol. The van der Waals surface area contributed by atoms with E-state index in [0.29, 0.717) is 0 Å². The van der Waals surface area contributed by atoms with Crippen LogP contribution < -0.4 is 5.32 Å². The fraction of sp³-hybridized carbons (Fsp3) is 0.250. The first kappa shape index (κ1) is 16.8. The first-order valence-corrected chi connectivity index (χ1v) is 8.87. The summed E-state index contributed by atoms with van der Waals surface area (Å²) in [6, 6.07) is 14.6. The van der Waals surface area contributed by atoms with Crippen molar-refractivity contribution < 1.29 is 4.79 Å². The van der Waals surface area contributed by atoms with Gasteiger partial charge in [-0.2, -0.15) is 0 Å². The van der Waals surface area contributed by atoms with Gasteiger partial charge in [-0.3, -0.25) is 4.79 Å². The number of anilines is 1. The van der Waals surface area contributed by atoms with Crippen molar-refractivity contribution in [1.29, 1.82) is 0 Å². The first-order valence-electron chi connectivity index (χ1n) is 8.08. The molecule has 1 N–H and O–H groups in total. The molecule has 1 aliphatic heterocycles. The number of nitrogens with zero attached hydrogens (tertiary/aromatic N) is 1. The van der Waals surface area contributed by atoms with Crippen LogP contribution in [0, 0.1) is 6.92 Å². The number of nitrogens with one attached hydrogen (secondary N) is 1. The quantitative estimate of drug-likeness (QED) is 0.768. The molecule has 0 saturated heterocycles. The lowest BCUT2D eigenvalue weighted by atomic mass is 9.91. The number of amides is 1. The van der Waals surface area contributed by atoms with Crippen LogP contribution in [-0.2, 0) is 4.79 Å². The van der Waals surface area contributed by atoms with Crippen molar-refractivity contribution in [1.82, 2.24) is 4.90 Å². The van der Waals surface area contributed by atoms with Gasteiger partial charge in [0.25, 0.3) is 0 Å². The van der Waals surface area contributed by atoms with Crippen LogP contribution in [0.25, 0.3) is 5.57 Å². The summed E-state index contributed by atoms with van der Waals surface area (Å²) in [5, 5.41) is 3.26. The van der Waals surface area contributed by atoms with E-state index >= 15 is 0 Å². The van der Waals surface area contributed by atoms with Crippen molar-refractivity contribution >= 4 is 33.6 Å². The lowest BCUT2D eigenvalue weighted by molar-refractivity contribution is -0.119. The predicted molar refractivity (Wildman–Crippen MR) is 103 cm³/mol. The van der Waals surface area contributed by atoms with Crippen LogP contribution in [0.15, 0.2) is 53.0 Å². The molecule has 1 unspecified atom stereocenters. The van der Waals surface area contributed by atoms with Crippen molar-refractivity contribution in [3.8, 4) is 0 Å². The Hall–Kier alpha value is -2.07. The molecule has 0 aromatic heterocycles. The minimum atomic E-state index is -0.0180. The highest BCUT2D eigenvalue weighted by molar-refractivity contribution is 9.10. The number of rotatable bonds is 4. The average Bonchev–Trinajstić information content (AvgIpc) is 2.62. The predicted octanol–water partition coefficient (Wildman–Crippen LogP) is 4.79. The number of carbonyl (C=O) groups excluding carboxylic acids is 1. The molecule has 124 valence electrons. The summed E-state index contributed by atoms with van der Waals surface area (Å²) in [6.45, 7) is 2.80. The normalized spacial score (nSPS) is 17.4. The molecule has 3 nitrogen and oxygen atoms in total. The summed E-state index contributed by atoms with van der Waals surface area (Å²) < 4.78 is 1.06. The van der Waals surface area contributed by atoms with Gasteiger partial charge in [0.05, 0.1) is 6.04 Å². The number of benzene rings is 2. The molecule has 4 heteroatoms. The van der Waals surface area contributed by atoms with Gasteiger partial charge < -0.3 is 10.2 Å². The molecule has 1 heterocycles. The Morgan fingerprint density at radius 1 is 1.21 bits per heavy atom. The molecular formula is C20H21BrN2O. The van der Waals surface area contributed by atoms with Crippen molar-refractivity contribution in [3.63, 3.8) is 0 Å². The van der Waals surface area contributed by atoms with Gasteiger partial charge in [-0.1, -0.05) is 51.8 Å². The van der Waals surface area contributed by atoms with E-state index in [2.05, 4.69) is 70.6 Å². The smallest absolute Gasteiger partial charge is 0.210 e. The molecule has 0 spiro atoms. The zero-order valence-corrected chi connectivity index (χ0v) is 15.5. The maximum atomic E-state index is 11.5. The molecule has 0 aliphatic carbocycles. The van der Waals surface area contributed by atoms with Crippen LogP contribution in [0.2, 0.25) is 0 Å². The van der Waals surface area contributed by atoms with Gasteiger partial charge in [0, 0.05) is 29.3 Å². The SMILES string of the molecule is CNc1ccc(Br)cc1C1=CC(c2ccc(C)cc2)N(C=O)CC1. The maximum Gasteiger partial charge on any atom is 0.210 e. The summed E-state index contributed by atoms with van der Waals surface area (Å²) in [4.78, 5) is 13.4. The van der Waals surface area contributed by atoms with Crippen molar-refractivity contribution in [3.05, 3.63) is 69.7 Å². The van der Waals surface area contributed by atoms with Gasteiger partial charge in [-0.05, 0) is 42.7 Å². The molecule has 3 rings (SSSR count). The number of hydrogen-bond donors (Lipinski definition) is 1. The zero-order chi connectivity index (χ0) is 17.1. The summed E-state index contributed by atoms with van der Waals surface area (Å²) in [5.74, 6) is 0. The van der Waals surface area contributed by atoms with Gasteiger partial charge in [0.2, 0.25) is 6.41 Å². The Kier molecular flexibility index (Phi) is 5.05. The molecule has 1 aliphatic rings. The van der Waals surface area contributed by atoms with E-state index in [9.17, 15) is 4.79 Å². The summed E-state index contributed by atoms with van der Waals surface area (Å²) in [6.07, 6.45) is 4.02. The topological polar surface area (TPSA) is 32.3 Å². The van der Waals surface area contributed by atoms with E-state index in [1.807, 2.05) is 18.0 Å². The molecule has 0 saturated carbocycles. The third kappa shape index (κ3) is 3.39. The fourth-order valence-corrected chi connectivity index (χ4v) is 3.51. The highest BCUT2D eigenvalue weighted by Crippen LogP contribution is 2.36. The lowest BCUT2D eigenvalue weighted by Crippen LogP contribution is -2.30.